The van der Waals surface area contributed by atoms with Gasteiger partial charge in [0.05, 0.1) is 6.26 Å². The Hall–Kier alpha value is -1.43. The van der Waals surface area contributed by atoms with E-state index in [1.165, 1.54) is 7.05 Å². The largest absolute Gasteiger partial charge is 0.266 e. The van der Waals surface area contributed by atoms with Crippen LogP contribution in [0.15, 0.2) is 28.8 Å². The molecule has 5 nitrogen and oxygen atoms in total. The van der Waals surface area contributed by atoms with Crippen LogP contribution in [0.2, 0.25) is 0 Å². The first-order valence-corrected chi connectivity index (χ1v) is 9.82. The van der Waals surface area contributed by atoms with E-state index in [1.54, 1.807) is 6.92 Å². The molecule has 0 amide bonds. The Morgan fingerprint density at radius 2 is 1.87 bits per heavy atom. The summed E-state index contributed by atoms with van der Waals surface area (Å²) in [5.74, 6) is 0.527. The predicted molar refractivity (Wildman–Crippen MR) is 99.6 cm³/mol. The third-order valence-electron chi connectivity index (χ3n) is 3.35. The number of guanidine groups is 1. The van der Waals surface area contributed by atoms with Gasteiger partial charge in [0.2, 0.25) is 16.0 Å². The van der Waals surface area contributed by atoms with Crippen molar-refractivity contribution >= 4 is 21.7 Å². The van der Waals surface area contributed by atoms with Gasteiger partial charge in [-0.05, 0) is 30.8 Å². The third-order valence-corrected chi connectivity index (χ3v) is 4.52. The van der Waals surface area contributed by atoms with Gasteiger partial charge < -0.3 is 0 Å². The van der Waals surface area contributed by atoms with E-state index in [4.69, 9.17) is 5.41 Å². The fourth-order valence-corrected chi connectivity index (χ4v) is 2.28. The van der Waals surface area contributed by atoms with E-state index in [2.05, 4.69) is 44.8 Å². The molecular formula is C17H31N3O2S. The zero-order valence-electron chi connectivity index (χ0n) is 15.4. The van der Waals surface area contributed by atoms with Gasteiger partial charge in [-0.15, -0.1) is 0 Å². The molecule has 0 saturated heterocycles. The first-order chi connectivity index (χ1) is 10.5. The van der Waals surface area contributed by atoms with Gasteiger partial charge in [-0.2, -0.15) is 0 Å². The molecule has 6 heteroatoms. The second-order valence-corrected chi connectivity index (χ2v) is 8.26. The maximum absolute atomic E-state index is 11.5. The van der Waals surface area contributed by atoms with E-state index in [9.17, 15) is 8.42 Å². The monoisotopic (exact) mass is 341 g/mol. The number of hydrogen-bond acceptors (Lipinski definition) is 3. The lowest BCUT2D eigenvalue weighted by atomic mass is 10.0. The summed E-state index contributed by atoms with van der Waals surface area (Å²) in [5, 5.41) is 7.85. The van der Waals surface area contributed by atoms with Gasteiger partial charge in [0, 0.05) is 12.8 Å². The minimum Gasteiger partial charge on any atom is -0.266 e. The van der Waals surface area contributed by atoms with Crippen LogP contribution in [0.3, 0.4) is 0 Å². The number of nitrogens with one attached hydrogen (secondary N) is 1. The third kappa shape index (κ3) is 8.69. The summed E-state index contributed by atoms with van der Waals surface area (Å²) in [6, 6.07) is 0. The first-order valence-electron chi connectivity index (χ1n) is 7.97. The average Bonchev–Trinajstić information content (AvgIpc) is 2.41. The Bertz CT molecular complexity index is 587. The summed E-state index contributed by atoms with van der Waals surface area (Å²) in [4.78, 5) is 4.15. The molecule has 0 aliphatic carbocycles. The SMILES string of the molecule is CCC[C@H](C)/C=C/C(=C\C(C)C)C(/C)=N\C(=N)N(C)S(C)(=O)=O. The van der Waals surface area contributed by atoms with Gasteiger partial charge in [0.15, 0.2) is 0 Å². The Balaban J connectivity index is 5.42. The summed E-state index contributed by atoms with van der Waals surface area (Å²) in [6.45, 7) is 10.3. The Labute approximate surface area is 141 Å². The van der Waals surface area contributed by atoms with Gasteiger partial charge >= 0.3 is 0 Å². The van der Waals surface area contributed by atoms with Crippen LogP contribution in [-0.2, 0) is 10.0 Å². The molecular weight excluding hydrogens is 310 g/mol. The van der Waals surface area contributed by atoms with E-state index < -0.39 is 10.0 Å². The van der Waals surface area contributed by atoms with Crippen molar-refractivity contribution in [2.75, 3.05) is 13.3 Å². The molecule has 0 aliphatic rings. The van der Waals surface area contributed by atoms with E-state index in [-0.39, 0.29) is 5.96 Å². The topological polar surface area (TPSA) is 73.6 Å². The van der Waals surface area contributed by atoms with Crippen LogP contribution in [0.1, 0.15) is 47.5 Å². The van der Waals surface area contributed by atoms with Crippen LogP contribution in [0.4, 0.5) is 0 Å². The molecule has 0 aromatic rings. The lowest BCUT2D eigenvalue weighted by Gasteiger charge is -2.15. The summed E-state index contributed by atoms with van der Waals surface area (Å²) >= 11 is 0. The van der Waals surface area contributed by atoms with Crippen molar-refractivity contribution in [1.29, 1.82) is 5.41 Å². The highest BCUT2D eigenvalue weighted by Crippen LogP contribution is 2.12. The molecule has 0 fully saturated rings. The molecule has 0 spiro atoms. The normalized spacial score (nSPS) is 15.3. The standard InChI is InChI=1S/C17H31N3O2S/c1-8-9-14(4)10-11-16(12-13(2)3)15(5)19-17(18)20(6)23(7,21)22/h10-14,18H,8-9H2,1-7H3/b11-10+,16-12+,18-17?,19-15-/t14-/m0/s1. The van der Waals surface area contributed by atoms with Crippen LogP contribution in [-0.4, -0.2) is 37.7 Å². The molecule has 0 radical (unpaired) electrons. The van der Waals surface area contributed by atoms with Crippen molar-refractivity contribution < 1.29 is 8.42 Å². The lowest BCUT2D eigenvalue weighted by molar-refractivity contribution is 0.557. The van der Waals surface area contributed by atoms with Crippen LogP contribution in [0.5, 0.6) is 0 Å². The van der Waals surface area contributed by atoms with Crippen molar-refractivity contribution in [3.63, 3.8) is 0 Å². The Morgan fingerprint density at radius 1 is 1.30 bits per heavy atom. The number of aliphatic imine (C=N–C) groups is 1. The minimum absolute atomic E-state index is 0.283. The first kappa shape index (κ1) is 21.6. The summed E-state index contributed by atoms with van der Waals surface area (Å²) < 4.78 is 23.8. The lowest BCUT2D eigenvalue weighted by Crippen LogP contribution is -2.31. The van der Waals surface area contributed by atoms with Crippen molar-refractivity contribution in [3.05, 3.63) is 23.8 Å². The molecule has 0 saturated carbocycles. The molecule has 1 N–H and O–H groups in total. The second kappa shape index (κ2) is 9.65. The van der Waals surface area contributed by atoms with Crippen LogP contribution in [0, 0.1) is 17.2 Å². The average molecular weight is 342 g/mol. The number of allylic oxidation sites excluding steroid dienone is 4. The van der Waals surface area contributed by atoms with Crippen LogP contribution < -0.4 is 0 Å². The predicted octanol–water partition coefficient (Wildman–Crippen LogP) is 3.85. The van der Waals surface area contributed by atoms with Crippen molar-refractivity contribution in [2.24, 2.45) is 16.8 Å². The fraction of sp³-hybridized carbons (Fsp3) is 0.647. The Kier molecular flexibility index (Phi) is 9.05. The molecule has 1 atom stereocenters. The fourth-order valence-electron chi connectivity index (χ4n) is 1.93. The zero-order chi connectivity index (χ0) is 18.2. The maximum atomic E-state index is 11.5. The van der Waals surface area contributed by atoms with E-state index >= 15 is 0 Å². The highest BCUT2D eigenvalue weighted by atomic mass is 32.2. The smallest absolute Gasteiger partial charge is 0.234 e. The highest BCUT2D eigenvalue weighted by Gasteiger charge is 2.14. The van der Waals surface area contributed by atoms with E-state index in [1.807, 2.05) is 6.08 Å². The zero-order valence-corrected chi connectivity index (χ0v) is 16.2. The Morgan fingerprint density at radius 3 is 2.30 bits per heavy atom. The second-order valence-electron chi connectivity index (χ2n) is 6.24. The molecule has 0 aromatic carbocycles. The summed E-state index contributed by atoms with van der Waals surface area (Å²) in [6.07, 6.45) is 9.54. The molecule has 0 aliphatic heterocycles. The summed E-state index contributed by atoms with van der Waals surface area (Å²) in [5.41, 5.74) is 1.56. The van der Waals surface area contributed by atoms with Crippen LogP contribution >= 0.6 is 0 Å². The molecule has 0 rings (SSSR count). The van der Waals surface area contributed by atoms with Gasteiger partial charge in [-0.3, -0.25) is 5.41 Å². The molecule has 0 heterocycles. The van der Waals surface area contributed by atoms with Crippen molar-refractivity contribution in [2.45, 2.75) is 47.5 Å². The van der Waals surface area contributed by atoms with Gasteiger partial charge in [-0.25, -0.2) is 17.7 Å². The molecule has 0 aromatic heterocycles. The van der Waals surface area contributed by atoms with Crippen LogP contribution in [0.25, 0.3) is 0 Å². The molecule has 132 valence electrons. The molecule has 0 bridgehead atoms. The van der Waals surface area contributed by atoms with E-state index in [0.717, 1.165) is 29.0 Å². The van der Waals surface area contributed by atoms with Gasteiger partial charge in [0.25, 0.3) is 0 Å². The van der Waals surface area contributed by atoms with Gasteiger partial charge in [0.1, 0.15) is 0 Å². The number of rotatable bonds is 7. The quantitative estimate of drug-likeness (QED) is 0.434. The number of hydrogen-bond donors (Lipinski definition) is 1. The minimum atomic E-state index is -3.47. The van der Waals surface area contributed by atoms with Gasteiger partial charge in [-0.1, -0.05) is 52.3 Å². The molecule has 23 heavy (non-hydrogen) atoms. The van der Waals surface area contributed by atoms with Crippen molar-refractivity contribution in [3.8, 4) is 0 Å². The number of nitrogens with zero attached hydrogens (tertiary/aromatic N) is 2. The maximum Gasteiger partial charge on any atom is 0.234 e. The molecule has 0 unspecified atom stereocenters. The highest BCUT2D eigenvalue weighted by molar-refractivity contribution is 7.88. The van der Waals surface area contributed by atoms with Crippen molar-refractivity contribution in [1.82, 2.24) is 4.31 Å². The number of sulfonamides is 1. The summed E-state index contributed by atoms with van der Waals surface area (Å²) in [7, 11) is -2.13. The van der Waals surface area contributed by atoms with E-state index in [0.29, 0.717) is 17.5 Å².